The van der Waals surface area contributed by atoms with Crippen LogP contribution in [0.15, 0.2) is 120 Å². The average Bonchev–Trinajstić information content (AvgIpc) is 2.95. The second kappa shape index (κ2) is 9.06. The van der Waals surface area contributed by atoms with Gasteiger partial charge in [0.2, 0.25) is 0 Å². The molecule has 6 aromatic rings. The number of carbonyl (C=O) groups excluding carboxylic acids is 1. The van der Waals surface area contributed by atoms with Gasteiger partial charge in [0.15, 0.2) is 5.78 Å². The molecule has 1 saturated heterocycles. The molecule has 176 valence electrons. The van der Waals surface area contributed by atoms with Gasteiger partial charge < -0.3 is 0 Å². The summed E-state index contributed by atoms with van der Waals surface area (Å²) in [5.41, 5.74) is 3.95. The van der Waals surface area contributed by atoms with Crippen LogP contribution in [0, 0.1) is 0 Å². The fourth-order valence-electron chi connectivity index (χ4n) is 5.60. The number of benzene rings is 6. The molecule has 0 radical (unpaired) electrons. The summed E-state index contributed by atoms with van der Waals surface area (Å²) in [5.74, 6) is 1.62. The predicted octanol–water partition coefficient (Wildman–Crippen LogP) is 9.08. The van der Waals surface area contributed by atoms with Crippen LogP contribution >= 0.6 is 11.8 Å². The monoisotopic (exact) mass is 492 g/mol. The highest BCUT2D eigenvalue weighted by molar-refractivity contribution is 7.99. The van der Waals surface area contributed by atoms with E-state index in [4.69, 9.17) is 0 Å². The zero-order valence-corrected chi connectivity index (χ0v) is 21.1. The Balaban J connectivity index is 1.36. The largest absolute Gasteiger partial charge is 0.289 e. The van der Waals surface area contributed by atoms with Gasteiger partial charge in [-0.15, -0.1) is 0 Å². The molecule has 1 fully saturated rings. The third-order valence-electron chi connectivity index (χ3n) is 7.36. The second-order valence-electron chi connectivity index (χ2n) is 9.63. The normalized spacial score (nSPS) is 16.5. The Morgan fingerprint density at radius 2 is 0.865 bits per heavy atom. The molecule has 0 spiro atoms. The molecule has 2 heteroatoms. The van der Waals surface area contributed by atoms with Gasteiger partial charge in [0.1, 0.15) is 0 Å². The highest BCUT2D eigenvalue weighted by Gasteiger charge is 2.22. The van der Waals surface area contributed by atoms with Gasteiger partial charge in [-0.3, -0.25) is 4.79 Å². The molecule has 0 amide bonds. The topological polar surface area (TPSA) is 17.1 Å². The molecule has 0 aliphatic carbocycles. The first kappa shape index (κ1) is 22.1. The van der Waals surface area contributed by atoms with Gasteiger partial charge in [-0.25, -0.2) is 0 Å². The van der Waals surface area contributed by atoms with E-state index in [2.05, 4.69) is 121 Å². The maximum Gasteiger partial charge on any atom is 0.186 e. The summed E-state index contributed by atoms with van der Waals surface area (Å²) >= 11 is 1.81. The van der Waals surface area contributed by atoms with Crippen molar-refractivity contribution >= 4 is 72.8 Å². The van der Waals surface area contributed by atoms with Crippen molar-refractivity contribution < 1.29 is 4.79 Å². The van der Waals surface area contributed by atoms with Crippen LogP contribution in [-0.4, -0.2) is 17.3 Å². The number of hydrogen-bond acceptors (Lipinski definition) is 2. The molecule has 0 saturated carbocycles. The molecule has 7 rings (SSSR count). The minimum Gasteiger partial charge on any atom is -0.289 e. The van der Waals surface area contributed by atoms with Gasteiger partial charge in [0, 0.05) is 22.7 Å². The molecule has 1 heterocycles. The number of carbonyl (C=O) groups is 1. The highest BCUT2D eigenvalue weighted by atomic mass is 32.2. The maximum atomic E-state index is 13.8. The van der Waals surface area contributed by atoms with Gasteiger partial charge in [-0.05, 0) is 78.5 Å². The second-order valence-corrected chi connectivity index (χ2v) is 10.6. The van der Waals surface area contributed by atoms with Crippen molar-refractivity contribution in [3.05, 3.63) is 131 Å². The number of rotatable bonds is 2. The predicted molar refractivity (Wildman–Crippen MR) is 161 cm³/mol. The van der Waals surface area contributed by atoms with Crippen molar-refractivity contribution in [3.8, 4) is 0 Å². The van der Waals surface area contributed by atoms with Crippen LogP contribution in [0.2, 0.25) is 0 Å². The molecule has 37 heavy (non-hydrogen) atoms. The zero-order chi connectivity index (χ0) is 24.8. The minimum atomic E-state index is 0.160. The fourth-order valence-corrected chi connectivity index (χ4v) is 6.57. The molecule has 0 unspecified atom stereocenters. The SMILES string of the molecule is O=C1/C(=C/c2cc3ccccc3c3ccccc23)CSC/C1=C/c1cc2ccccc2c2ccccc12. The molecular weight excluding hydrogens is 468 g/mol. The van der Waals surface area contributed by atoms with Crippen molar-refractivity contribution in [2.24, 2.45) is 0 Å². The quantitative estimate of drug-likeness (QED) is 0.177. The molecule has 0 aromatic heterocycles. The van der Waals surface area contributed by atoms with Crippen molar-refractivity contribution in [2.75, 3.05) is 11.5 Å². The number of thioether (sulfide) groups is 1. The van der Waals surface area contributed by atoms with E-state index in [1.165, 1.54) is 43.1 Å². The lowest BCUT2D eigenvalue weighted by atomic mass is 9.93. The van der Waals surface area contributed by atoms with E-state index in [1.807, 2.05) is 11.8 Å². The summed E-state index contributed by atoms with van der Waals surface area (Å²) in [6.07, 6.45) is 4.24. The summed E-state index contributed by atoms with van der Waals surface area (Å²) in [6, 6.07) is 38.4. The number of Topliss-reactive ketones (excluding diaryl/α,β-unsaturated/α-hetero) is 1. The Bertz CT molecular complexity index is 1790. The molecular formula is C35H24OS. The van der Waals surface area contributed by atoms with Crippen molar-refractivity contribution in [2.45, 2.75) is 0 Å². The lowest BCUT2D eigenvalue weighted by molar-refractivity contribution is -0.112. The number of ketones is 1. The first-order valence-electron chi connectivity index (χ1n) is 12.6. The molecule has 0 atom stereocenters. The van der Waals surface area contributed by atoms with Crippen molar-refractivity contribution in [3.63, 3.8) is 0 Å². The van der Waals surface area contributed by atoms with E-state index in [9.17, 15) is 4.79 Å². The summed E-state index contributed by atoms with van der Waals surface area (Å²) in [4.78, 5) is 13.8. The van der Waals surface area contributed by atoms with Gasteiger partial charge in [0.05, 0.1) is 0 Å². The van der Waals surface area contributed by atoms with Crippen molar-refractivity contribution in [1.29, 1.82) is 0 Å². The van der Waals surface area contributed by atoms with Gasteiger partial charge in [-0.1, -0.05) is 97.1 Å². The third kappa shape index (κ3) is 3.85. The average molecular weight is 493 g/mol. The van der Waals surface area contributed by atoms with Crippen LogP contribution < -0.4 is 0 Å². The lowest BCUT2D eigenvalue weighted by Gasteiger charge is -2.18. The third-order valence-corrected chi connectivity index (χ3v) is 8.39. The summed E-state index contributed by atoms with van der Waals surface area (Å²) < 4.78 is 0. The van der Waals surface area contributed by atoms with Crippen LogP contribution in [-0.2, 0) is 4.79 Å². The van der Waals surface area contributed by atoms with E-state index < -0.39 is 0 Å². The number of fused-ring (bicyclic) bond motifs is 6. The zero-order valence-electron chi connectivity index (χ0n) is 20.3. The van der Waals surface area contributed by atoms with E-state index >= 15 is 0 Å². The molecule has 1 aliphatic rings. The van der Waals surface area contributed by atoms with Gasteiger partial charge >= 0.3 is 0 Å². The Kier molecular flexibility index (Phi) is 5.41. The van der Waals surface area contributed by atoms with Gasteiger partial charge in [0.25, 0.3) is 0 Å². The van der Waals surface area contributed by atoms with Gasteiger partial charge in [-0.2, -0.15) is 11.8 Å². The first-order chi connectivity index (χ1) is 18.3. The van der Waals surface area contributed by atoms with E-state index in [1.54, 1.807) is 0 Å². The Labute approximate surface area is 220 Å². The first-order valence-corrected chi connectivity index (χ1v) is 13.8. The minimum absolute atomic E-state index is 0.160. The maximum absolute atomic E-state index is 13.8. The van der Waals surface area contributed by atoms with Crippen LogP contribution in [0.1, 0.15) is 11.1 Å². The lowest BCUT2D eigenvalue weighted by Crippen LogP contribution is -2.16. The summed E-state index contributed by atoms with van der Waals surface area (Å²) in [7, 11) is 0. The summed E-state index contributed by atoms with van der Waals surface area (Å²) in [5, 5.41) is 9.70. The number of hydrogen-bond donors (Lipinski definition) is 0. The fraction of sp³-hybridized carbons (Fsp3) is 0.0571. The highest BCUT2D eigenvalue weighted by Crippen LogP contribution is 2.34. The van der Waals surface area contributed by atoms with Crippen LogP contribution in [0.25, 0.3) is 55.2 Å². The van der Waals surface area contributed by atoms with E-state index in [0.717, 1.165) is 33.8 Å². The standard InChI is InChI=1S/C35H24OS/c36-35-27(19-25-17-23-9-1-3-11-29(23)33-15-7-5-13-31(25)33)21-37-22-28(35)20-26-18-24-10-2-4-12-30(24)34-16-8-6-14-32(26)34/h1-20H,21-22H2/b27-19-,28-20+. The molecule has 1 nitrogen and oxygen atoms in total. The Morgan fingerprint density at radius 1 is 0.486 bits per heavy atom. The van der Waals surface area contributed by atoms with E-state index in [-0.39, 0.29) is 5.78 Å². The molecule has 6 aromatic carbocycles. The van der Waals surface area contributed by atoms with Crippen molar-refractivity contribution in [1.82, 2.24) is 0 Å². The van der Waals surface area contributed by atoms with Crippen LogP contribution in [0.5, 0.6) is 0 Å². The summed E-state index contributed by atoms with van der Waals surface area (Å²) in [6.45, 7) is 0. The smallest absolute Gasteiger partial charge is 0.186 e. The molecule has 0 bridgehead atoms. The van der Waals surface area contributed by atoms with Crippen LogP contribution in [0.3, 0.4) is 0 Å². The van der Waals surface area contributed by atoms with E-state index in [0.29, 0.717) is 0 Å². The molecule has 1 aliphatic heterocycles. The Hall–Kier alpha value is -4.14. The Morgan fingerprint density at radius 3 is 1.32 bits per heavy atom. The molecule has 0 N–H and O–H groups in total. The van der Waals surface area contributed by atoms with Crippen LogP contribution in [0.4, 0.5) is 0 Å².